The number of aromatic nitrogens is 4. The topological polar surface area (TPSA) is 110 Å². The van der Waals surface area contributed by atoms with Crippen molar-refractivity contribution in [1.82, 2.24) is 25.4 Å². The predicted molar refractivity (Wildman–Crippen MR) is 63.9 cm³/mol. The van der Waals surface area contributed by atoms with Gasteiger partial charge in [0.2, 0.25) is 5.91 Å². The standard InChI is InChI=1S/C9H12N6OS/c1-5(8(16)15-10)2-17-9-6-7(12-3-11-6)13-4-14-9/h3-5H,2,10H2,1H3,(H,15,16)(H,11,12,13,14). The van der Waals surface area contributed by atoms with Gasteiger partial charge in [-0.3, -0.25) is 10.2 Å². The van der Waals surface area contributed by atoms with Gasteiger partial charge in [-0.1, -0.05) is 6.92 Å². The quantitative estimate of drug-likeness (QED) is 0.233. The molecule has 0 saturated carbocycles. The Bertz CT molecular complexity index is 527. The van der Waals surface area contributed by atoms with E-state index in [-0.39, 0.29) is 11.8 Å². The van der Waals surface area contributed by atoms with Crippen molar-refractivity contribution < 1.29 is 4.79 Å². The molecule has 2 rings (SSSR count). The molecule has 0 radical (unpaired) electrons. The molecule has 17 heavy (non-hydrogen) atoms. The van der Waals surface area contributed by atoms with Gasteiger partial charge in [-0.15, -0.1) is 11.8 Å². The highest BCUT2D eigenvalue weighted by Crippen LogP contribution is 2.23. The molecule has 1 amide bonds. The number of carbonyl (C=O) groups is 1. The van der Waals surface area contributed by atoms with Crippen LogP contribution in [0, 0.1) is 5.92 Å². The number of nitrogens with one attached hydrogen (secondary N) is 2. The second kappa shape index (κ2) is 5.11. The Kier molecular flexibility index (Phi) is 3.55. The first-order valence-electron chi connectivity index (χ1n) is 4.99. The van der Waals surface area contributed by atoms with E-state index in [1.165, 1.54) is 18.1 Å². The van der Waals surface area contributed by atoms with Crippen LogP contribution in [-0.2, 0) is 4.79 Å². The monoisotopic (exact) mass is 252 g/mol. The van der Waals surface area contributed by atoms with Gasteiger partial charge in [0.1, 0.15) is 16.9 Å². The molecule has 0 aliphatic rings. The van der Waals surface area contributed by atoms with Gasteiger partial charge in [-0.2, -0.15) is 0 Å². The third kappa shape index (κ3) is 2.53. The van der Waals surface area contributed by atoms with Crippen LogP contribution in [0.4, 0.5) is 0 Å². The molecule has 0 saturated heterocycles. The van der Waals surface area contributed by atoms with Crippen molar-refractivity contribution in [2.45, 2.75) is 11.9 Å². The summed E-state index contributed by atoms with van der Waals surface area (Å²) in [5.41, 5.74) is 3.54. The maximum atomic E-state index is 11.2. The maximum absolute atomic E-state index is 11.2. The molecule has 0 aliphatic carbocycles. The Hall–Kier alpha value is -1.67. The molecule has 8 heteroatoms. The van der Waals surface area contributed by atoms with Crippen LogP contribution in [0.2, 0.25) is 0 Å². The number of aromatic amines is 1. The number of hydrogen-bond donors (Lipinski definition) is 3. The number of rotatable bonds is 4. The zero-order chi connectivity index (χ0) is 12.3. The first kappa shape index (κ1) is 11.8. The summed E-state index contributed by atoms with van der Waals surface area (Å²) in [6, 6.07) is 0. The average Bonchev–Trinajstić information content (AvgIpc) is 2.83. The molecule has 2 heterocycles. The third-order valence-electron chi connectivity index (χ3n) is 2.25. The lowest BCUT2D eigenvalue weighted by Gasteiger charge is -2.08. The molecule has 0 bridgehead atoms. The SMILES string of the molecule is CC(CSc1ncnc2nc[nH]c12)C(=O)NN. The van der Waals surface area contributed by atoms with Crippen molar-refractivity contribution in [3.8, 4) is 0 Å². The first-order valence-corrected chi connectivity index (χ1v) is 5.98. The molecule has 0 spiro atoms. The highest BCUT2D eigenvalue weighted by atomic mass is 32.2. The molecule has 0 fully saturated rings. The number of H-pyrrole nitrogens is 1. The number of amides is 1. The van der Waals surface area contributed by atoms with Gasteiger partial charge in [0, 0.05) is 11.7 Å². The summed E-state index contributed by atoms with van der Waals surface area (Å²) in [6.45, 7) is 1.81. The van der Waals surface area contributed by atoms with Crippen LogP contribution in [-0.4, -0.2) is 31.6 Å². The minimum absolute atomic E-state index is 0.182. The van der Waals surface area contributed by atoms with E-state index < -0.39 is 0 Å². The molecule has 0 aliphatic heterocycles. The van der Waals surface area contributed by atoms with Crippen LogP contribution in [0.1, 0.15) is 6.92 Å². The second-order valence-corrected chi connectivity index (χ2v) is 4.51. The van der Waals surface area contributed by atoms with Gasteiger partial charge in [0.25, 0.3) is 0 Å². The number of nitrogens with zero attached hydrogens (tertiary/aromatic N) is 3. The summed E-state index contributed by atoms with van der Waals surface area (Å²) in [6.07, 6.45) is 3.03. The average molecular weight is 252 g/mol. The molecular formula is C9H12N6OS. The van der Waals surface area contributed by atoms with Gasteiger partial charge in [-0.05, 0) is 0 Å². The number of nitrogens with two attached hydrogens (primary N) is 1. The summed E-state index contributed by atoms with van der Waals surface area (Å²) >= 11 is 1.47. The van der Waals surface area contributed by atoms with Crippen molar-refractivity contribution in [2.75, 3.05) is 5.75 Å². The molecule has 0 aromatic carbocycles. The van der Waals surface area contributed by atoms with Crippen molar-refractivity contribution >= 4 is 28.8 Å². The van der Waals surface area contributed by atoms with E-state index >= 15 is 0 Å². The van der Waals surface area contributed by atoms with Crippen LogP contribution in [0.5, 0.6) is 0 Å². The number of carbonyl (C=O) groups excluding carboxylic acids is 1. The van der Waals surface area contributed by atoms with Crippen LogP contribution in [0.3, 0.4) is 0 Å². The minimum Gasteiger partial charge on any atom is -0.341 e. The lowest BCUT2D eigenvalue weighted by molar-refractivity contribution is -0.123. The Morgan fingerprint density at radius 2 is 2.41 bits per heavy atom. The van der Waals surface area contributed by atoms with Crippen LogP contribution in [0.25, 0.3) is 11.2 Å². The highest BCUT2D eigenvalue weighted by Gasteiger charge is 2.14. The summed E-state index contributed by atoms with van der Waals surface area (Å²) in [7, 11) is 0. The lowest BCUT2D eigenvalue weighted by Crippen LogP contribution is -2.35. The summed E-state index contributed by atoms with van der Waals surface area (Å²) in [5, 5.41) is 0.782. The third-order valence-corrected chi connectivity index (χ3v) is 3.50. The van der Waals surface area contributed by atoms with E-state index in [0.29, 0.717) is 11.4 Å². The molecule has 1 atom stereocenters. The van der Waals surface area contributed by atoms with Crippen LogP contribution >= 0.6 is 11.8 Å². The fourth-order valence-corrected chi connectivity index (χ4v) is 2.25. The lowest BCUT2D eigenvalue weighted by atomic mass is 10.2. The Morgan fingerprint density at radius 1 is 1.59 bits per heavy atom. The highest BCUT2D eigenvalue weighted by molar-refractivity contribution is 7.99. The van der Waals surface area contributed by atoms with E-state index in [9.17, 15) is 4.79 Å². The number of thioether (sulfide) groups is 1. The number of hydrogen-bond acceptors (Lipinski definition) is 6. The summed E-state index contributed by atoms with van der Waals surface area (Å²) < 4.78 is 0. The molecule has 2 aromatic heterocycles. The second-order valence-electron chi connectivity index (χ2n) is 3.50. The molecular weight excluding hydrogens is 240 g/mol. The van der Waals surface area contributed by atoms with Crippen molar-refractivity contribution in [3.63, 3.8) is 0 Å². The molecule has 90 valence electrons. The smallest absolute Gasteiger partial charge is 0.237 e. The van der Waals surface area contributed by atoms with E-state index in [1.54, 1.807) is 13.3 Å². The zero-order valence-corrected chi connectivity index (χ0v) is 9.99. The van der Waals surface area contributed by atoms with E-state index in [1.807, 2.05) is 0 Å². The van der Waals surface area contributed by atoms with Crippen molar-refractivity contribution in [2.24, 2.45) is 11.8 Å². The zero-order valence-electron chi connectivity index (χ0n) is 9.17. The predicted octanol–water partition coefficient (Wildman–Crippen LogP) is 0.0710. The Labute approximate surface area is 102 Å². The van der Waals surface area contributed by atoms with Crippen molar-refractivity contribution in [3.05, 3.63) is 12.7 Å². The van der Waals surface area contributed by atoms with Crippen LogP contribution < -0.4 is 11.3 Å². The first-order chi connectivity index (χ1) is 8.22. The fourth-order valence-electron chi connectivity index (χ4n) is 1.27. The van der Waals surface area contributed by atoms with Crippen molar-refractivity contribution in [1.29, 1.82) is 0 Å². The van der Waals surface area contributed by atoms with Gasteiger partial charge < -0.3 is 4.98 Å². The summed E-state index contributed by atoms with van der Waals surface area (Å²) in [5.74, 6) is 5.29. The van der Waals surface area contributed by atoms with Gasteiger partial charge in [-0.25, -0.2) is 20.8 Å². The molecule has 1 unspecified atom stereocenters. The Morgan fingerprint density at radius 3 is 3.18 bits per heavy atom. The molecule has 7 nitrogen and oxygen atoms in total. The van der Waals surface area contributed by atoms with E-state index in [0.717, 1.165) is 10.5 Å². The minimum atomic E-state index is -0.188. The van der Waals surface area contributed by atoms with E-state index in [2.05, 4.69) is 25.4 Å². The number of hydrazine groups is 1. The maximum Gasteiger partial charge on any atom is 0.237 e. The number of fused-ring (bicyclic) bond motifs is 1. The fraction of sp³-hybridized carbons (Fsp3) is 0.333. The Balaban J connectivity index is 2.09. The van der Waals surface area contributed by atoms with Crippen LogP contribution in [0.15, 0.2) is 17.7 Å². The molecule has 4 N–H and O–H groups in total. The van der Waals surface area contributed by atoms with Gasteiger partial charge in [0.15, 0.2) is 5.65 Å². The largest absolute Gasteiger partial charge is 0.341 e. The number of imidazole rings is 1. The van der Waals surface area contributed by atoms with Gasteiger partial charge >= 0.3 is 0 Å². The summed E-state index contributed by atoms with van der Waals surface area (Å²) in [4.78, 5) is 26.4. The molecule has 2 aromatic rings. The normalized spacial score (nSPS) is 12.6. The van der Waals surface area contributed by atoms with Gasteiger partial charge in [0.05, 0.1) is 6.33 Å². The van der Waals surface area contributed by atoms with E-state index in [4.69, 9.17) is 5.84 Å².